The normalized spacial score (nSPS) is 12.6. The fourth-order valence-electron chi connectivity index (χ4n) is 3.77. The van der Waals surface area contributed by atoms with E-state index in [9.17, 15) is 0 Å². The minimum atomic E-state index is 0.487. The fraction of sp³-hybridized carbons (Fsp3) is 0.769. The third-order valence-corrected chi connectivity index (χ3v) is 5.54. The molecule has 0 heterocycles. The molecule has 0 spiro atoms. The lowest BCUT2D eigenvalue weighted by molar-refractivity contribution is 0.358. The van der Waals surface area contributed by atoms with Crippen LogP contribution in [0.2, 0.25) is 0 Å². The Bertz CT molecular complexity index is 472. The molecule has 0 bridgehead atoms. The molecule has 26 heavy (non-hydrogen) atoms. The van der Waals surface area contributed by atoms with Crippen LogP contribution in [0.4, 0.5) is 0 Å². The van der Waals surface area contributed by atoms with Gasteiger partial charge < -0.3 is 0 Å². The van der Waals surface area contributed by atoms with Gasteiger partial charge in [0.15, 0.2) is 0 Å². The highest BCUT2D eigenvalue weighted by molar-refractivity contribution is 5.37. The van der Waals surface area contributed by atoms with Gasteiger partial charge in [0.05, 0.1) is 0 Å². The number of benzene rings is 1. The van der Waals surface area contributed by atoms with E-state index in [0.29, 0.717) is 10.8 Å². The number of rotatable bonds is 10. The first kappa shape index (κ1) is 23.3. The summed E-state index contributed by atoms with van der Waals surface area (Å²) in [6.45, 7) is 18.7. The summed E-state index contributed by atoms with van der Waals surface area (Å²) in [4.78, 5) is 0. The summed E-state index contributed by atoms with van der Waals surface area (Å²) in [6, 6.07) is 4.95. The molecule has 0 N–H and O–H groups in total. The number of aryl methyl sites for hydroxylation is 4. The molecule has 1 aromatic rings. The Morgan fingerprint density at radius 1 is 0.538 bits per heavy atom. The van der Waals surface area contributed by atoms with E-state index < -0.39 is 0 Å². The van der Waals surface area contributed by atoms with Gasteiger partial charge >= 0.3 is 0 Å². The fourth-order valence-corrected chi connectivity index (χ4v) is 3.77. The summed E-state index contributed by atoms with van der Waals surface area (Å²) < 4.78 is 0. The predicted octanol–water partition coefficient (Wildman–Crippen LogP) is 8.60. The second-order valence-electron chi connectivity index (χ2n) is 10.9. The molecule has 0 aromatic heterocycles. The topological polar surface area (TPSA) is 0 Å². The minimum absolute atomic E-state index is 0.487. The van der Waals surface area contributed by atoms with E-state index >= 15 is 0 Å². The molecule has 0 aliphatic heterocycles. The molecule has 0 fully saturated rings. The Labute approximate surface area is 165 Å². The zero-order valence-electron chi connectivity index (χ0n) is 19.2. The zero-order chi connectivity index (χ0) is 19.8. The van der Waals surface area contributed by atoms with Crippen molar-refractivity contribution in [3.8, 4) is 0 Å². The second kappa shape index (κ2) is 10.5. The van der Waals surface area contributed by atoms with Crippen molar-refractivity contribution in [3.05, 3.63) is 34.4 Å². The molecule has 0 atom stereocenters. The lowest BCUT2D eigenvalue weighted by Crippen LogP contribution is -2.04. The average molecular weight is 359 g/mol. The SMILES string of the molecule is Cc1cc(CCCCCC(C)(C)C)c(C)cc1CCCCCC(C)(C)C. The second-order valence-corrected chi connectivity index (χ2v) is 10.9. The van der Waals surface area contributed by atoms with E-state index in [-0.39, 0.29) is 0 Å². The van der Waals surface area contributed by atoms with Crippen LogP contribution in [0.5, 0.6) is 0 Å². The molecule has 150 valence electrons. The molecule has 1 aromatic carbocycles. The van der Waals surface area contributed by atoms with Crippen molar-refractivity contribution in [2.75, 3.05) is 0 Å². The van der Waals surface area contributed by atoms with E-state index in [1.165, 1.54) is 75.3 Å². The maximum Gasteiger partial charge on any atom is -0.0276 e. The van der Waals surface area contributed by atoms with Gasteiger partial charge in [0, 0.05) is 0 Å². The molecular weight excluding hydrogens is 312 g/mol. The molecule has 0 aliphatic rings. The van der Waals surface area contributed by atoms with Gasteiger partial charge in [0.25, 0.3) is 0 Å². The van der Waals surface area contributed by atoms with Gasteiger partial charge in [-0.15, -0.1) is 0 Å². The van der Waals surface area contributed by atoms with Crippen molar-refractivity contribution in [2.24, 2.45) is 10.8 Å². The summed E-state index contributed by atoms with van der Waals surface area (Å²) in [5, 5.41) is 0. The molecular formula is C26H46. The number of hydrogen-bond donors (Lipinski definition) is 0. The monoisotopic (exact) mass is 358 g/mol. The van der Waals surface area contributed by atoms with Crippen molar-refractivity contribution in [1.29, 1.82) is 0 Å². The highest BCUT2D eigenvalue weighted by Gasteiger charge is 2.10. The van der Waals surface area contributed by atoms with Gasteiger partial charge in [-0.1, -0.05) is 79.4 Å². The van der Waals surface area contributed by atoms with Crippen LogP contribution in [0.1, 0.15) is 115 Å². The van der Waals surface area contributed by atoms with Gasteiger partial charge in [0.1, 0.15) is 0 Å². The van der Waals surface area contributed by atoms with Crippen LogP contribution in [0.15, 0.2) is 12.1 Å². The maximum absolute atomic E-state index is 2.48. The molecule has 0 saturated carbocycles. The first-order valence-corrected chi connectivity index (χ1v) is 11.1. The Balaban J connectivity index is 2.39. The number of hydrogen-bond acceptors (Lipinski definition) is 0. The van der Waals surface area contributed by atoms with Crippen LogP contribution in [-0.4, -0.2) is 0 Å². The zero-order valence-corrected chi connectivity index (χ0v) is 19.2. The Hall–Kier alpha value is -0.780. The Kier molecular flexibility index (Phi) is 9.42. The first-order chi connectivity index (χ1) is 12.0. The van der Waals surface area contributed by atoms with Crippen molar-refractivity contribution < 1.29 is 0 Å². The minimum Gasteiger partial charge on any atom is -0.0602 e. The van der Waals surface area contributed by atoms with Crippen LogP contribution in [0, 0.1) is 24.7 Å². The van der Waals surface area contributed by atoms with E-state index in [2.05, 4.69) is 67.5 Å². The van der Waals surface area contributed by atoms with Gasteiger partial charge in [-0.2, -0.15) is 0 Å². The van der Waals surface area contributed by atoms with E-state index in [0.717, 1.165) is 0 Å². The molecule has 0 nitrogen and oxygen atoms in total. The predicted molar refractivity (Wildman–Crippen MR) is 119 cm³/mol. The van der Waals surface area contributed by atoms with Crippen molar-refractivity contribution in [2.45, 2.75) is 120 Å². The van der Waals surface area contributed by atoms with Gasteiger partial charge in [-0.3, -0.25) is 0 Å². The highest BCUT2D eigenvalue weighted by Crippen LogP contribution is 2.25. The van der Waals surface area contributed by atoms with E-state index in [1.54, 1.807) is 11.1 Å². The molecule has 1 rings (SSSR count). The van der Waals surface area contributed by atoms with Crippen molar-refractivity contribution >= 4 is 0 Å². The third-order valence-electron chi connectivity index (χ3n) is 5.54. The summed E-state index contributed by atoms with van der Waals surface area (Å²) in [7, 11) is 0. The van der Waals surface area contributed by atoms with Crippen LogP contribution in [0.3, 0.4) is 0 Å². The molecule has 0 heteroatoms. The smallest absolute Gasteiger partial charge is 0.0276 e. The van der Waals surface area contributed by atoms with Crippen molar-refractivity contribution in [3.63, 3.8) is 0 Å². The molecule has 0 radical (unpaired) electrons. The molecule has 0 saturated heterocycles. The first-order valence-electron chi connectivity index (χ1n) is 11.1. The van der Waals surface area contributed by atoms with Gasteiger partial charge in [0.2, 0.25) is 0 Å². The van der Waals surface area contributed by atoms with E-state index in [4.69, 9.17) is 0 Å². The Morgan fingerprint density at radius 3 is 1.19 bits per heavy atom. The number of unbranched alkanes of at least 4 members (excludes halogenated alkanes) is 4. The van der Waals surface area contributed by atoms with Crippen LogP contribution in [-0.2, 0) is 12.8 Å². The largest absolute Gasteiger partial charge is 0.0602 e. The molecule has 0 amide bonds. The van der Waals surface area contributed by atoms with Gasteiger partial charge in [-0.05, 0) is 85.5 Å². The molecule has 0 aliphatic carbocycles. The maximum atomic E-state index is 2.48. The average Bonchev–Trinajstić information content (AvgIpc) is 2.48. The highest BCUT2D eigenvalue weighted by atomic mass is 14.2. The molecule has 0 unspecified atom stereocenters. The summed E-state index contributed by atoms with van der Waals surface area (Å²) in [6.07, 6.45) is 13.3. The quantitative estimate of drug-likeness (QED) is 0.367. The summed E-state index contributed by atoms with van der Waals surface area (Å²) in [5.41, 5.74) is 7.15. The Morgan fingerprint density at radius 2 is 0.885 bits per heavy atom. The lowest BCUT2D eigenvalue weighted by Gasteiger charge is -2.18. The van der Waals surface area contributed by atoms with E-state index in [1.807, 2.05) is 0 Å². The lowest BCUT2D eigenvalue weighted by atomic mass is 9.88. The third kappa shape index (κ3) is 10.4. The van der Waals surface area contributed by atoms with Crippen LogP contribution >= 0.6 is 0 Å². The summed E-state index contributed by atoms with van der Waals surface area (Å²) in [5.74, 6) is 0. The van der Waals surface area contributed by atoms with Crippen LogP contribution < -0.4 is 0 Å². The van der Waals surface area contributed by atoms with Gasteiger partial charge in [-0.25, -0.2) is 0 Å². The van der Waals surface area contributed by atoms with Crippen LogP contribution in [0.25, 0.3) is 0 Å². The standard InChI is InChI=1S/C26H46/c1-21-19-24(16-12-10-14-18-26(6,7)8)22(2)20-23(21)15-11-9-13-17-25(3,4)5/h19-20H,9-18H2,1-8H3. The summed E-state index contributed by atoms with van der Waals surface area (Å²) >= 11 is 0. The van der Waals surface area contributed by atoms with Crippen molar-refractivity contribution in [1.82, 2.24) is 0 Å².